The lowest BCUT2D eigenvalue weighted by Gasteiger charge is -2.01. The number of nitrogens with zero attached hydrogens (tertiary/aromatic N) is 1. The van der Waals surface area contributed by atoms with E-state index in [1.54, 1.807) is 0 Å². The first-order valence-electron chi connectivity index (χ1n) is 3.57. The smallest absolute Gasteiger partial charge is 0.235 e. The van der Waals surface area contributed by atoms with Crippen LogP contribution in [0.5, 0.6) is 17.2 Å². The van der Waals surface area contributed by atoms with Crippen LogP contribution in [0.25, 0.3) is 6.08 Å². The van der Waals surface area contributed by atoms with Crippen molar-refractivity contribution in [3.05, 3.63) is 34.0 Å². The Labute approximate surface area is 78.5 Å². The lowest BCUT2D eigenvalue weighted by molar-refractivity contribution is -0.400. The molecule has 14 heavy (non-hydrogen) atoms. The number of phenols is 3. The first-order chi connectivity index (χ1) is 6.50. The molecule has 3 N–H and O–H groups in total. The van der Waals surface area contributed by atoms with Crippen molar-refractivity contribution in [2.24, 2.45) is 0 Å². The van der Waals surface area contributed by atoms with Crippen LogP contribution in [0.2, 0.25) is 0 Å². The zero-order valence-corrected chi connectivity index (χ0v) is 6.91. The molecule has 1 aromatic rings. The number of phenolic OH excluding ortho intramolecular Hbond substituents is 3. The van der Waals surface area contributed by atoms with Gasteiger partial charge in [0.05, 0.1) is 4.92 Å². The largest absolute Gasteiger partial charge is 0.504 e. The standard InChI is InChI=1S/C8H7NO5/c10-6-3-5(1-2-9(13)14)4-7(11)8(6)12/h1-4,10-12H/b2-1+. The normalized spacial score (nSPS) is 10.6. The summed E-state index contributed by atoms with van der Waals surface area (Å²) in [6, 6.07) is 2.18. The van der Waals surface area contributed by atoms with Crippen LogP contribution < -0.4 is 0 Å². The first-order valence-corrected chi connectivity index (χ1v) is 3.57. The Morgan fingerprint density at radius 1 is 1.21 bits per heavy atom. The highest BCUT2D eigenvalue weighted by Gasteiger charge is 2.06. The number of benzene rings is 1. The van der Waals surface area contributed by atoms with Crippen molar-refractivity contribution in [2.75, 3.05) is 0 Å². The Morgan fingerprint density at radius 3 is 2.14 bits per heavy atom. The molecule has 0 unspecified atom stereocenters. The molecule has 0 aliphatic rings. The number of rotatable bonds is 2. The molecule has 0 amide bonds. The molecule has 0 bridgehead atoms. The highest BCUT2D eigenvalue weighted by atomic mass is 16.6. The summed E-state index contributed by atoms with van der Waals surface area (Å²) < 4.78 is 0. The van der Waals surface area contributed by atoms with Crippen LogP contribution >= 0.6 is 0 Å². The predicted molar refractivity (Wildman–Crippen MR) is 47.5 cm³/mol. The topological polar surface area (TPSA) is 104 Å². The molecule has 1 aromatic carbocycles. The lowest BCUT2D eigenvalue weighted by atomic mass is 10.2. The second-order valence-electron chi connectivity index (χ2n) is 2.51. The van der Waals surface area contributed by atoms with Crippen molar-refractivity contribution in [1.29, 1.82) is 0 Å². The van der Waals surface area contributed by atoms with E-state index in [4.69, 9.17) is 15.3 Å². The predicted octanol–water partition coefficient (Wildman–Crippen LogP) is 1.05. The van der Waals surface area contributed by atoms with Gasteiger partial charge in [0.15, 0.2) is 17.2 Å². The minimum absolute atomic E-state index is 0.217. The van der Waals surface area contributed by atoms with E-state index in [-0.39, 0.29) is 5.56 Å². The molecule has 0 saturated heterocycles. The van der Waals surface area contributed by atoms with Gasteiger partial charge in [-0.1, -0.05) is 0 Å². The highest BCUT2D eigenvalue weighted by molar-refractivity contribution is 5.59. The molecule has 6 nitrogen and oxygen atoms in total. The second kappa shape index (κ2) is 3.65. The number of hydrogen-bond donors (Lipinski definition) is 3. The molecule has 0 aliphatic heterocycles. The third-order valence-corrected chi connectivity index (χ3v) is 1.48. The zero-order chi connectivity index (χ0) is 10.7. The summed E-state index contributed by atoms with van der Waals surface area (Å²) in [7, 11) is 0. The Bertz CT molecular complexity index is 376. The van der Waals surface area contributed by atoms with E-state index in [0.29, 0.717) is 6.20 Å². The van der Waals surface area contributed by atoms with Crippen LogP contribution in [0.4, 0.5) is 0 Å². The van der Waals surface area contributed by atoms with Gasteiger partial charge in [0.25, 0.3) is 0 Å². The van der Waals surface area contributed by atoms with Gasteiger partial charge in [-0.15, -0.1) is 0 Å². The average Bonchev–Trinajstić information content (AvgIpc) is 2.10. The molecule has 74 valence electrons. The molecule has 0 fully saturated rings. The molecule has 0 saturated carbocycles. The molecule has 0 radical (unpaired) electrons. The van der Waals surface area contributed by atoms with Gasteiger partial charge in [0, 0.05) is 6.08 Å². The Kier molecular flexibility index (Phi) is 2.57. The fourth-order valence-corrected chi connectivity index (χ4v) is 0.868. The van der Waals surface area contributed by atoms with E-state index in [1.807, 2.05) is 0 Å². The molecule has 0 aromatic heterocycles. The second-order valence-corrected chi connectivity index (χ2v) is 2.51. The molecule has 0 atom stereocenters. The summed E-state index contributed by atoms with van der Waals surface area (Å²) in [5.74, 6) is -1.72. The van der Waals surface area contributed by atoms with Gasteiger partial charge in [-0.25, -0.2) is 0 Å². The van der Waals surface area contributed by atoms with Crippen LogP contribution in [0.15, 0.2) is 18.3 Å². The van der Waals surface area contributed by atoms with Crippen LogP contribution in [0.3, 0.4) is 0 Å². The van der Waals surface area contributed by atoms with E-state index >= 15 is 0 Å². The molecule has 6 heteroatoms. The Balaban J connectivity index is 3.07. The van der Waals surface area contributed by atoms with Crippen LogP contribution in [0, 0.1) is 10.1 Å². The Morgan fingerprint density at radius 2 is 1.71 bits per heavy atom. The minimum Gasteiger partial charge on any atom is -0.504 e. The summed E-state index contributed by atoms with van der Waals surface area (Å²) in [6.07, 6.45) is 1.74. The van der Waals surface area contributed by atoms with Gasteiger partial charge < -0.3 is 15.3 Å². The maximum absolute atomic E-state index is 9.95. The van der Waals surface area contributed by atoms with Crippen LogP contribution in [-0.2, 0) is 0 Å². The third kappa shape index (κ3) is 2.13. The maximum Gasteiger partial charge on any atom is 0.235 e. The fourth-order valence-electron chi connectivity index (χ4n) is 0.868. The molecule has 1 rings (SSSR count). The maximum atomic E-state index is 9.95. The molecule has 0 heterocycles. The number of nitro groups is 1. The van der Waals surface area contributed by atoms with Gasteiger partial charge in [-0.2, -0.15) is 0 Å². The van der Waals surface area contributed by atoms with Crippen LogP contribution in [-0.4, -0.2) is 20.2 Å². The average molecular weight is 197 g/mol. The Hall–Kier alpha value is -2.24. The van der Waals surface area contributed by atoms with Crippen molar-refractivity contribution in [1.82, 2.24) is 0 Å². The highest BCUT2D eigenvalue weighted by Crippen LogP contribution is 2.35. The molecular weight excluding hydrogens is 190 g/mol. The SMILES string of the molecule is O=[N+]([O-])/C=C/c1cc(O)c(O)c(O)c1. The van der Waals surface area contributed by atoms with Crippen LogP contribution in [0.1, 0.15) is 5.56 Å². The summed E-state index contributed by atoms with van der Waals surface area (Å²) in [4.78, 5) is 9.27. The first kappa shape index (κ1) is 9.85. The number of aromatic hydroxyl groups is 3. The van der Waals surface area contributed by atoms with E-state index in [1.165, 1.54) is 0 Å². The van der Waals surface area contributed by atoms with E-state index in [9.17, 15) is 10.1 Å². The summed E-state index contributed by atoms with van der Waals surface area (Å²) >= 11 is 0. The monoisotopic (exact) mass is 197 g/mol. The molecule has 0 aliphatic carbocycles. The molecule has 0 spiro atoms. The van der Waals surface area contributed by atoms with Crippen molar-refractivity contribution in [2.45, 2.75) is 0 Å². The van der Waals surface area contributed by atoms with Gasteiger partial charge in [-0.3, -0.25) is 10.1 Å². The van der Waals surface area contributed by atoms with Gasteiger partial charge in [-0.05, 0) is 17.7 Å². The van der Waals surface area contributed by atoms with Gasteiger partial charge in [0.2, 0.25) is 6.20 Å². The van der Waals surface area contributed by atoms with Gasteiger partial charge >= 0.3 is 0 Å². The third-order valence-electron chi connectivity index (χ3n) is 1.48. The number of hydrogen-bond acceptors (Lipinski definition) is 5. The quantitative estimate of drug-likeness (QED) is 0.373. The van der Waals surface area contributed by atoms with Crippen molar-refractivity contribution >= 4 is 6.08 Å². The summed E-state index contributed by atoms with van der Waals surface area (Å²) in [5, 5.41) is 37.0. The van der Waals surface area contributed by atoms with Gasteiger partial charge in [0.1, 0.15) is 0 Å². The summed E-state index contributed by atoms with van der Waals surface area (Å²) in [6.45, 7) is 0. The van der Waals surface area contributed by atoms with Crippen molar-refractivity contribution in [3.8, 4) is 17.2 Å². The fraction of sp³-hybridized carbons (Fsp3) is 0. The minimum atomic E-state index is -0.680. The summed E-state index contributed by atoms with van der Waals surface area (Å²) in [5.41, 5.74) is 0.217. The van der Waals surface area contributed by atoms with E-state index < -0.39 is 22.2 Å². The zero-order valence-electron chi connectivity index (χ0n) is 6.91. The molecular formula is C8H7NO5. The van der Waals surface area contributed by atoms with E-state index in [0.717, 1.165) is 18.2 Å². The lowest BCUT2D eigenvalue weighted by Crippen LogP contribution is -1.82. The van der Waals surface area contributed by atoms with Crippen molar-refractivity contribution in [3.63, 3.8) is 0 Å². The van der Waals surface area contributed by atoms with E-state index in [2.05, 4.69) is 0 Å². The van der Waals surface area contributed by atoms with Crippen molar-refractivity contribution < 1.29 is 20.2 Å².